The van der Waals surface area contributed by atoms with Crippen molar-refractivity contribution in [3.05, 3.63) is 29.8 Å². The number of rotatable bonds is 5. The summed E-state index contributed by atoms with van der Waals surface area (Å²) in [6.45, 7) is 1.38. The number of benzene rings is 1. The summed E-state index contributed by atoms with van der Waals surface area (Å²) in [5, 5.41) is 3.17. The third kappa shape index (κ3) is 4.72. The van der Waals surface area contributed by atoms with Crippen LogP contribution in [0.1, 0.15) is 31.2 Å². The van der Waals surface area contributed by atoms with Gasteiger partial charge in [-0.1, -0.05) is 12.1 Å². The number of carbonyl (C=O) groups is 1. The highest BCUT2D eigenvalue weighted by atomic mass is 32.2. The van der Waals surface area contributed by atoms with E-state index < -0.39 is 0 Å². The van der Waals surface area contributed by atoms with E-state index in [4.69, 9.17) is 9.47 Å². The molecular weight excluding hydrogens is 310 g/mol. The van der Waals surface area contributed by atoms with Gasteiger partial charge >= 0.3 is 0 Å². The Balaban J connectivity index is 1.42. The van der Waals surface area contributed by atoms with Crippen LogP contribution < -0.4 is 5.32 Å². The number of fused-ring (bicyclic) bond motifs is 1. The Morgan fingerprint density at radius 1 is 1.17 bits per heavy atom. The Morgan fingerprint density at radius 3 is 2.65 bits per heavy atom. The van der Waals surface area contributed by atoms with Gasteiger partial charge in [0.15, 0.2) is 0 Å². The minimum Gasteiger partial charge on any atom is -0.373 e. The van der Waals surface area contributed by atoms with Gasteiger partial charge in [-0.15, -0.1) is 11.8 Å². The summed E-state index contributed by atoms with van der Waals surface area (Å²) in [4.78, 5) is 13.4. The summed E-state index contributed by atoms with van der Waals surface area (Å²) < 4.78 is 11.5. The summed E-state index contributed by atoms with van der Waals surface area (Å²) in [5.41, 5.74) is 1.21. The smallest absolute Gasteiger partial charge is 0.220 e. The molecule has 1 saturated carbocycles. The maximum Gasteiger partial charge on any atom is 0.220 e. The van der Waals surface area contributed by atoms with E-state index >= 15 is 0 Å². The lowest BCUT2D eigenvalue weighted by atomic mass is 9.89. The van der Waals surface area contributed by atoms with Crippen molar-refractivity contribution in [3.63, 3.8) is 0 Å². The fourth-order valence-electron chi connectivity index (χ4n) is 3.35. The van der Waals surface area contributed by atoms with Gasteiger partial charge in [0.2, 0.25) is 5.91 Å². The molecule has 1 aromatic carbocycles. The van der Waals surface area contributed by atoms with Crippen LogP contribution in [0.2, 0.25) is 0 Å². The lowest BCUT2D eigenvalue weighted by Crippen LogP contribution is -2.49. The fourth-order valence-corrected chi connectivity index (χ4v) is 3.76. The zero-order valence-corrected chi connectivity index (χ0v) is 14.4. The van der Waals surface area contributed by atoms with Crippen LogP contribution in [0.5, 0.6) is 0 Å². The monoisotopic (exact) mass is 335 g/mol. The number of nitrogens with one attached hydrogen (secondary N) is 1. The molecule has 2 aliphatic rings. The molecule has 0 radical (unpaired) electrons. The third-order valence-electron chi connectivity index (χ3n) is 4.64. The molecule has 1 heterocycles. The van der Waals surface area contributed by atoms with E-state index in [9.17, 15) is 4.79 Å². The number of carbonyl (C=O) groups excluding carboxylic acids is 1. The van der Waals surface area contributed by atoms with E-state index in [0.29, 0.717) is 19.6 Å². The first kappa shape index (κ1) is 16.8. The second kappa shape index (κ2) is 8.18. The van der Waals surface area contributed by atoms with E-state index in [1.54, 1.807) is 11.8 Å². The van der Waals surface area contributed by atoms with Crippen molar-refractivity contribution in [2.75, 3.05) is 19.5 Å². The Kier molecular flexibility index (Phi) is 5.97. The van der Waals surface area contributed by atoms with E-state index in [1.165, 1.54) is 10.5 Å². The van der Waals surface area contributed by atoms with Crippen LogP contribution in [-0.4, -0.2) is 43.6 Å². The molecule has 4 nitrogen and oxygen atoms in total. The first-order valence-corrected chi connectivity index (χ1v) is 9.62. The maximum absolute atomic E-state index is 12.2. The van der Waals surface area contributed by atoms with Gasteiger partial charge in [-0.3, -0.25) is 4.79 Å². The van der Waals surface area contributed by atoms with Gasteiger partial charge in [0, 0.05) is 17.4 Å². The molecule has 0 bridgehead atoms. The lowest BCUT2D eigenvalue weighted by molar-refractivity contribution is -0.158. The molecular formula is C18H25NO3S. The fraction of sp³-hybridized carbons (Fsp3) is 0.611. The van der Waals surface area contributed by atoms with Crippen molar-refractivity contribution < 1.29 is 14.3 Å². The van der Waals surface area contributed by atoms with Crippen molar-refractivity contribution in [1.29, 1.82) is 0 Å². The van der Waals surface area contributed by atoms with Gasteiger partial charge < -0.3 is 14.8 Å². The predicted octanol–water partition coefficient (Wildman–Crippen LogP) is 2.79. The molecule has 23 heavy (non-hydrogen) atoms. The number of thioether (sulfide) groups is 1. The number of hydrogen-bond acceptors (Lipinski definition) is 4. The van der Waals surface area contributed by atoms with Gasteiger partial charge in [-0.05, 0) is 49.6 Å². The average Bonchev–Trinajstić information content (AvgIpc) is 2.60. The maximum atomic E-state index is 12.2. The van der Waals surface area contributed by atoms with Gasteiger partial charge in [0.1, 0.15) is 0 Å². The van der Waals surface area contributed by atoms with E-state index in [-0.39, 0.29) is 24.2 Å². The minimum absolute atomic E-state index is 0.138. The number of ether oxygens (including phenoxy) is 2. The number of hydrogen-bond donors (Lipinski definition) is 1. The molecule has 1 saturated heterocycles. The highest BCUT2D eigenvalue weighted by Crippen LogP contribution is 2.26. The lowest BCUT2D eigenvalue weighted by Gasteiger charge is -2.39. The van der Waals surface area contributed by atoms with E-state index in [0.717, 1.165) is 25.7 Å². The largest absolute Gasteiger partial charge is 0.373 e. The first-order valence-electron chi connectivity index (χ1n) is 8.40. The zero-order chi connectivity index (χ0) is 16.1. The van der Waals surface area contributed by atoms with Crippen LogP contribution >= 0.6 is 11.8 Å². The van der Waals surface area contributed by atoms with E-state index in [1.807, 2.05) is 0 Å². The highest BCUT2D eigenvalue weighted by molar-refractivity contribution is 7.98. The van der Waals surface area contributed by atoms with Crippen molar-refractivity contribution in [3.8, 4) is 0 Å². The van der Waals surface area contributed by atoms with Crippen LogP contribution in [0.4, 0.5) is 0 Å². The van der Waals surface area contributed by atoms with Gasteiger partial charge in [-0.2, -0.15) is 0 Å². The van der Waals surface area contributed by atoms with Gasteiger partial charge in [0.25, 0.3) is 0 Å². The van der Waals surface area contributed by atoms with Crippen molar-refractivity contribution in [2.45, 2.75) is 55.2 Å². The SMILES string of the molecule is CSc1ccc(CCC(=O)N[C@@H]2CC[C@@H]3OCCO[C@@H]3C2)cc1. The standard InChI is InChI=1S/C18H25NO3S/c1-23-15-6-2-13(3-7-15)4-9-18(20)19-14-5-8-16-17(12-14)22-11-10-21-16/h2-3,6-7,14,16-17H,4-5,8-12H2,1H3,(H,19,20)/t14-,16+,17-/m1/s1. The average molecular weight is 335 g/mol. The molecule has 5 heteroatoms. The van der Waals surface area contributed by atoms with Crippen molar-refractivity contribution in [1.82, 2.24) is 5.32 Å². The quantitative estimate of drug-likeness (QED) is 0.841. The summed E-state index contributed by atoms with van der Waals surface area (Å²) in [7, 11) is 0. The second-order valence-electron chi connectivity index (χ2n) is 6.24. The number of aryl methyl sites for hydroxylation is 1. The normalized spacial score (nSPS) is 27.3. The van der Waals surface area contributed by atoms with Crippen molar-refractivity contribution >= 4 is 17.7 Å². The molecule has 3 rings (SSSR count). The molecule has 0 spiro atoms. The molecule has 126 valence electrons. The van der Waals surface area contributed by atoms with Crippen LogP contribution in [0, 0.1) is 0 Å². The second-order valence-corrected chi connectivity index (χ2v) is 7.12. The summed E-state index contributed by atoms with van der Waals surface area (Å²) in [5.74, 6) is 0.138. The van der Waals surface area contributed by atoms with Crippen LogP contribution in [0.3, 0.4) is 0 Å². The Labute approximate surface area is 142 Å². The molecule has 1 aliphatic carbocycles. The molecule has 1 aliphatic heterocycles. The van der Waals surface area contributed by atoms with Gasteiger partial charge in [-0.25, -0.2) is 0 Å². The number of amides is 1. The summed E-state index contributed by atoms with van der Waals surface area (Å²) >= 11 is 1.73. The third-order valence-corrected chi connectivity index (χ3v) is 5.39. The minimum atomic E-state index is 0.138. The highest BCUT2D eigenvalue weighted by Gasteiger charge is 2.34. The van der Waals surface area contributed by atoms with Crippen molar-refractivity contribution in [2.24, 2.45) is 0 Å². The van der Waals surface area contributed by atoms with E-state index in [2.05, 4.69) is 35.8 Å². The first-order chi connectivity index (χ1) is 11.2. The molecule has 0 aromatic heterocycles. The molecule has 0 unspecified atom stereocenters. The summed E-state index contributed by atoms with van der Waals surface area (Å²) in [6, 6.07) is 8.66. The Bertz CT molecular complexity index is 520. The molecule has 1 amide bonds. The molecule has 1 N–H and O–H groups in total. The predicted molar refractivity (Wildman–Crippen MR) is 91.8 cm³/mol. The Hall–Kier alpha value is -1.04. The topological polar surface area (TPSA) is 47.6 Å². The van der Waals surface area contributed by atoms with Crippen LogP contribution in [-0.2, 0) is 20.7 Å². The molecule has 1 aromatic rings. The molecule has 2 fully saturated rings. The summed E-state index contributed by atoms with van der Waals surface area (Å²) in [6.07, 6.45) is 6.62. The van der Waals surface area contributed by atoms with Crippen LogP contribution in [0.15, 0.2) is 29.2 Å². The zero-order valence-electron chi connectivity index (χ0n) is 13.6. The van der Waals surface area contributed by atoms with Crippen LogP contribution in [0.25, 0.3) is 0 Å². The molecule has 3 atom stereocenters. The van der Waals surface area contributed by atoms with Gasteiger partial charge in [0.05, 0.1) is 25.4 Å². The Morgan fingerprint density at radius 2 is 1.91 bits per heavy atom.